The molecule has 1 atom stereocenters. The molecule has 0 aliphatic carbocycles. The quantitative estimate of drug-likeness (QED) is 0.621. The molecule has 7 heteroatoms. The first kappa shape index (κ1) is 20.4. The maximum absolute atomic E-state index is 12.6. The molecule has 0 saturated carbocycles. The number of aromatic nitrogens is 2. The highest BCUT2D eigenvalue weighted by Gasteiger charge is 2.23. The van der Waals surface area contributed by atoms with Gasteiger partial charge in [-0.1, -0.05) is 24.3 Å². The molecule has 7 nitrogen and oxygen atoms in total. The Bertz CT molecular complexity index is 964. The van der Waals surface area contributed by atoms with Gasteiger partial charge in [0.25, 0.3) is 0 Å². The fraction of sp³-hybridized carbons (Fsp3) is 0.391. The number of hydrogen-bond acceptors (Lipinski definition) is 5. The number of nitrogens with one attached hydrogen (secondary N) is 1. The second-order valence-corrected chi connectivity index (χ2v) is 7.42. The summed E-state index contributed by atoms with van der Waals surface area (Å²) in [5.41, 5.74) is 3.16. The predicted molar refractivity (Wildman–Crippen MR) is 115 cm³/mol. The molecule has 0 spiro atoms. The topological polar surface area (TPSA) is 68.6 Å². The van der Waals surface area contributed by atoms with E-state index in [2.05, 4.69) is 27.3 Å². The summed E-state index contributed by atoms with van der Waals surface area (Å²) in [5.74, 6) is 0.871. The summed E-state index contributed by atoms with van der Waals surface area (Å²) in [6, 6.07) is 16.2. The smallest absolute Gasteiger partial charge is 0.221 e. The molecule has 1 aliphatic rings. The van der Waals surface area contributed by atoms with Crippen LogP contribution in [0.1, 0.15) is 18.0 Å². The molecule has 2 aromatic carbocycles. The van der Waals surface area contributed by atoms with Crippen molar-refractivity contribution in [2.75, 3.05) is 40.0 Å². The number of benzene rings is 2. The van der Waals surface area contributed by atoms with Crippen molar-refractivity contribution < 1.29 is 14.3 Å². The number of ether oxygens (including phenoxy) is 2. The monoisotopic (exact) mass is 408 g/mol. The van der Waals surface area contributed by atoms with Crippen LogP contribution in [0.5, 0.6) is 5.75 Å². The first-order chi connectivity index (χ1) is 14.7. The standard InChI is InChI=1S/C23H28N4O3/c1-29-19-8-6-18(7-9-19)22(26-12-14-30-15-13-26)16-24-23(28)10-11-27-17-25-20-4-2-3-5-21(20)27/h2-9,17,22H,10-16H2,1H3,(H,24,28). The minimum Gasteiger partial charge on any atom is -0.497 e. The number of amides is 1. The van der Waals surface area contributed by atoms with Gasteiger partial charge >= 0.3 is 0 Å². The number of carbonyl (C=O) groups excluding carboxylic acids is 1. The molecule has 1 amide bonds. The van der Waals surface area contributed by atoms with Crippen molar-refractivity contribution in [2.24, 2.45) is 0 Å². The zero-order chi connectivity index (χ0) is 20.8. The van der Waals surface area contributed by atoms with Crippen molar-refractivity contribution in [1.82, 2.24) is 19.8 Å². The fourth-order valence-electron chi connectivity index (χ4n) is 3.88. The van der Waals surface area contributed by atoms with Gasteiger partial charge < -0.3 is 19.4 Å². The Morgan fingerprint density at radius 2 is 1.93 bits per heavy atom. The number of rotatable bonds is 8. The molecule has 1 N–H and O–H groups in total. The van der Waals surface area contributed by atoms with E-state index in [-0.39, 0.29) is 11.9 Å². The van der Waals surface area contributed by atoms with Crippen LogP contribution in [0.2, 0.25) is 0 Å². The molecule has 3 aromatic rings. The van der Waals surface area contributed by atoms with Crippen molar-refractivity contribution in [2.45, 2.75) is 19.0 Å². The van der Waals surface area contributed by atoms with E-state index in [4.69, 9.17) is 9.47 Å². The number of fused-ring (bicyclic) bond motifs is 1. The van der Waals surface area contributed by atoms with Gasteiger partial charge in [0.1, 0.15) is 5.75 Å². The first-order valence-corrected chi connectivity index (χ1v) is 10.4. The third kappa shape index (κ3) is 4.80. The lowest BCUT2D eigenvalue weighted by Crippen LogP contribution is -2.43. The normalized spacial score (nSPS) is 15.8. The molecule has 4 rings (SSSR count). The Kier molecular flexibility index (Phi) is 6.61. The Morgan fingerprint density at radius 1 is 1.17 bits per heavy atom. The average Bonchev–Trinajstić information content (AvgIpc) is 3.22. The highest BCUT2D eigenvalue weighted by molar-refractivity contribution is 5.77. The molecule has 30 heavy (non-hydrogen) atoms. The molecule has 2 heterocycles. The summed E-state index contributed by atoms with van der Waals surface area (Å²) >= 11 is 0. The molecule has 1 unspecified atom stereocenters. The second-order valence-electron chi connectivity index (χ2n) is 7.42. The van der Waals surface area contributed by atoms with Crippen molar-refractivity contribution in [1.29, 1.82) is 0 Å². The van der Waals surface area contributed by atoms with Crippen LogP contribution in [0.25, 0.3) is 11.0 Å². The minimum atomic E-state index is 0.0413. The molecular formula is C23H28N4O3. The van der Waals surface area contributed by atoms with Crippen LogP contribution in [0.4, 0.5) is 0 Å². The summed E-state index contributed by atoms with van der Waals surface area (Å²) in [6.45, 7) is 4.32. The van der Waals surface area contributed by atoms with Crippen LogP contribution in [-0.4, -0.2) is 60.3 Å². The fourth-order valence-corrected chi connectivity index (χ4v) is 3.88. The zero-order valence-corrected chi connectivity index (χ0v) is 17.3. The van der Waals surface area contributed by atoms with Gasteiger partial charge in [0.2, 0.25) is 5.91 Å². The molecule has 158 valence electrons. The number of carbonyl (C=O) groups is 1. The van der Waals surface area contributed by atoms with Crippen LogP contribution in [0.3, 0.4) is 0 Å². The van der Waals surface area contributed by atoms with Crippen LogP contribution in [-0.2, 0) is 16.1 Å². The largest absolute Gasteiger partial charge is 0.497 e. The molecular weight excluding hydrogens is 380 g/mol. The van der Waals surface area contributed by atoms with E-state index in [9.17, 15) is 4.79 Å². The minimum absolute atomic E-state index is 0.0413. The SMILES string of the molecule is COc1ccc(C(CNC(=O)CCn2cnc3ccccc32)N2CCOCC2)cc1. The summed E-state index contributed by atoms with van der Waals surface area (Å²) in [5, 5.41) is 3.13. The van der Waals surface area contributed by atoms with Crippen LogP contribution in [0, 0.1) is 0 Å². The third-order valence-electron chi connectivity index (χ3n) is 5.59. The van der Waals surface area contributed by atoms with Gasteiger partial charge in [-0.15, -0.1) is 0 Å². The number of nitrogens with zero attached hydrogens (tertiary/aromatic N) is 3. The Morgan fingerprint density at radius 3 is 2.70 bits per heavy atom. The van der Waals surface area contributed by atoms with Gasteiger partial charge in [0, 0.05) is 32.6 Å². The van der Waals surface area contributed by atoms with Crippen molar-refractivity contribution >= 4 is 16.9 Å². The lowest BCUT2D eigenvalue weighted by molar-refractivity contribution is -0.121. The molecule has 0 radical (unpaired) electrons. The van der Waals surface area contributed by atoms with Crippen molar-refractivity contribution in [3.63, 3.8) is 0 Å². The summed E-state index contributed by atoms with van der Waals surface area (Å²) < 4.78 is 12.8. The lowest BCUT2D eigenvalue weighted by Gasteiger charge is -2.35. The number of aryl methyl sites for hydroxylation is 1. The predicted octanol–water partition coefficient (Wildman–Crippen LogP) is 2.62. The number of methoxy groups -OCH3 is 1. The number of hydrogen-bond donors (Lipinski definition) is 1. The molecule has 0 bridgehead atoms. The molecule has 1 saturated heterocycles. The van der Waals surface area contributed by atoms with Crippen LogP contribution < -0.4 is 10.1 Å². The Labute approximate surface area is 176 Å². The highest BCUT2D eigenvalue weighted by Crippen LogP contribution is 2.23. The van der Waals surface area contributed by atoms with Gasteiger partial charge in [-0.3, -0.25) is 9.69 Å². The number of morpholine rings is 1. The average molecular weight is 409 g/mol. The molecule has 1 fully saturated rings. The first-order valence-electron chi connectivity index (χ1n) is 10.4. The summed E-state index contributed by atoms with van der Waals surface area (Å²) in [6.07, 6.45) is 2.21. The molecule has 1 aromatic heterocycles. The van der Waals surface area contributed by atoms with Gasteiger partial charge in [0.05, 0.1) is 43.7 Å². The van der Waals surface area contributed by atoms with E-state index in [0.29, 0.717) is 32.7 Å². The number of imidazole rings is 1. The highest BCUT2D eigenvalue weighted by atomic mass is 16.5. The van der Waals surface area contributed by atoms with Crippen molar-refractivity contribution in [3.8, 4) is 5.75 Å². The van der Waals surface area contributed by atoms with E-state index in [1.54, 1.807) is 13.4 Å². The Balaban J connectivity index is 1.37. The van der Waals surface area contributed by atoms with Crippen molar-refractivity contribution in [3.05, 3.63) is 60.4 Å². The van der Waals surface area contributed by atoms with E-state index in [0.717, 1.165) is 29.9 Å². The maximum Gasteiger partial charge on any atom is 0.221 e. The maximum atomic E-state index is 12.6. The summed E-state index contributed by atoms with van der Waals surface area (Å²) in [4.78, 5) is 19.3. The number of para-hydroxylation sites is 2. The van der Waals surface area contributed by atoms with Gasteiger partial charge in [0.15, 0.2) is 0 Å². The lowest BCUT2D eigenvalue weighted by atomic mass is 10.0. The van der Waals surface area contributed by atoms with Crippen LogP contribution >= 0.6 is 0 Å². The van der Waals surface area contributed by atoms with Gasteiger partial charge in [-0.2, -0.15) is 0 Å². The molecule has 1 aliphatic heterocycles. The van der Waals surface area contributed by atoms with E-state index >= 15 is 0 Å². The van der Waals surface area contributed by atoms with E-state index in [1.807, 2.05) is 41.0 Å². The van der Waals surface area contributed by atoms with Gasteiger partial charge in [-0.05, 0) is 29.8 Å². The zero-order valence-electron chi connectivity index (χ0n) is 17.3. The van der Waals surface area contributed by atoms with Gasteiger partial charge in [-0.25, -0.2) is 4.98 Å². The van der Waals surface area contributed by atoms with Crippen LogP contribution in [0.15, 0.2) is 54.9 Å². The third-order valence-corrected chi connectivity index (χ3v) is 5.59. The second kappa shape index (κ2) is 9.73. The Hall–Kier alpha value is -2.90. The van der Waals surface area contributed by atoms with E-state index in [1.165, 1.54) is 5.56 Å². The summed E-state index contributed by atoms with van der Waals surface area (Å²) in [7, 11) is 1.66. The van der Waals surface area contributed by atoms with E-state index < -0.39 is 0 Å².